The van der Waals surface area contributed by atoms with Gasteiger partial charge in [0.25, 0.3) is 0 Å². The van der Waals surface area contributed by atoms with Gasteiger partial charge in [-0.05, 0) is 35.4 Å². The Morgan fingerprint density at radius 1 is 1.06 bits per heavy atom. The van der Waals surface area contributed by atoms with E-state index in [9.17, 15) is 0 Å². The second-order valence-electron chi connectivity index (χ2n) is 3.32. The zero-order chi connectivity index (χ0) is 11.5. The van der Waals surface area contributed by atoms with Crippen molar-refractivity contribution in [3.63, 3.8) is 0 Å². The molecule has 16 heavy (non-hydrogen) atoms. The lowest BCUT2D eigenvalue weighted by Gasteiger charge is -2.03. The fourth-order valence-corrected chi connectivity index (χ4v) is 2.08. The van der Waals surface area contributed by atoms with Crippen molar-refractivity contribution in [3.8, 4) is 17.2 Å². The lowest BCUT2D eigenvalue weighted by Crippen LogP contribution is -1.81. The zero-order valence-electron chi connectivity index (χ0n) is 8.24. The maximum Gasteiger partial charge on any atom is 0.101 e. The molecule has 0 fully saturated rings. The minimum atomic E-state index is 0.486. The van der Waals surface area contributed by atoms with Gasteiger partial charge in [0.2, 0.25) is 0 Å². The van der Waals surface area contributed by atoms with Crippen molar-refractivity contribution in [1.29, 1.82) is 5.26 Å². The average Bonchev–Trinajstić information content (AvgIpc) is 2.29. The molecule has 2 rings (SSSR count). The summed E-state index contributed by atoms with van der Waals surface area (Å²) < 4.78 is 1.02. The standard InChI is InChI=1S/C13H7BrClN/c14-12-3-1-2-9(6-12)10-4-5-11(8-16)13(15)7-10/h1-7H. The molecule has 0 bridgehead atoms. The van der Waals surface area contributed by atoms with E-state index in [2.05, 4.69) is 15.9 Å². The second-order valence-corrected chi connectivity index (χ2v) is 4.64. The van der Waals surface area contributed by atoms with Crippen LogP contribution in [-0.4, -0.2) is 0 Å². The minimum Gasteiger partial charge on any atom is -0.192 e. The predicted octanol–water partition coefficient (Wildman–Crippen LogP) is 4.64. The van der Waals surface area contributed by atoms with Crippen molar-refractivity contribution in [1.82, 2.24) is 0 Å². The predicted molar refractivity (Wildman–Crippen MR) is 69.3 cm³/mol. The van der Waals surface area contributed by atoms with Gasteiger partial charge in [-0.2, -0.15) is 5.26 Å². The highest BCUT2D eigenvalue weighted by atomic mass is 79.9. The van der Waals surface area contributed by atoms with Gasteiger partial charge < -0.3 is 0 Å². The SMILES string of the molecule is N#Cc1ccc(-c2cccc(Br)c2)cc1Cl. The quantitative estimate of drug-likeness (QED) is 0.751. The Kier molecular flexibility index (Phi) is 3.28. The van der Waals surface area contributed by atoms with Gasteiger partial charge in [0.05, 0.1) is 10.6 Å². The first-order chi connectivity index (χ1) is 7.70. The van der Waals surface area contributed by atoms with Crippen molar-refractivity contribution in [2.75, 3.05) is 0 Å². The van der Waals surface area contributed by atoms with Gasteiger partial charge in [-0.15, -0.1) is 0 Å². The summed E-state index contributed by atoms with van der Waals surface area (Å²) >= 11 is 9.41. The van der Waals surface area contributed by atoms with Crippen LogP contribution in [0.15, 0.2) is 46.9 Å². The maximum absolute atomic E-state index is 8.78. The third kappa shape index (κ3) is 2.27. The minimum absolute atomic E-state index is 0.486. The fourth-order valence-electron chi connectivity index (χ4n) is 1.45. The monoisotopic (exact) mass is 291 g/mol. The summed E-state index contributed by atoms with van der Waals surface area (Å²) in [6.07, 6.45) is 0. The molecule has 2 aromatic rings. The summed E-state index contributed by atoms with van der Waals surface area (Å²) in [4.78, 5) is 0. The molecule has 0 amide bonds. The van der Waals surface area contributed by atoms with Gasteiger partial charge in [0.1, 0.15) is 6.07 Å². The van der Waals surface area contributed by atoms with Gasteiger partial charge in [-0.3, -0.25) is 0 Å². The molecule has 3 heteroatoms. The van der Waals surface area contributed by atoms with Crippen LogP contribution in [0.3, 0.4) is 0 Å². The number of hydrogen-bond acceptors (Lipinski definition) is 1. The van der Waals surface area contributed by atoms with Gasteiger partial charge in [-0.25, -0.2) is 0 Å². The van der Waals surface area contributed by atoms with Crippen LogP contribution in [-0.2, 0) is 0 Å². The van der Waals surface area contributed by atoms with Gasteiger partial charge in [-0.1, -0.05) is 45.7 Å². The van der Waals surface area contributed by atoms with Crippen molar-refractivity contribution in [2.24, 2.45) is 0 Å². The highest BCUT2D eigenvalue weighted by Crippen LogP contribution is 2.27. The third-order valence-corrected chi connectivity index (χ3v) is 3.05. The molecule has 0 atom stereocenters. The van der Waals surface area contributed by atoms with E-state index in [0.717, 1.165) is 15.6 Å². The zero-order valence-corrected chi connectivity index (χ0v) is 10.6. The molecule has 0 N–H and O–H groups in total. The summed E-state index contributed by atoms with van der Waals surface area (Å²) in [5, 5.41) is 9.27. The van der Waals surface area contributed by atoms with Crippen LogP contribution >= 0.6 is 27.5 Å². The summed E-state index contributed by atoms with van der Waals surface area (Å²) in [6, 6.07) is 15.4. The van der Waals surface area contributed by atoms with Crippen LogP contribution in [0, 0.1) is 11.3 Å². The number of nitrogens with zero attached hydrogens (tertiary/aromatic N) is 1. The number of nitriles is 1. The van der Waals surface area contributed by atoms with Crippen molar-refractivity contribution in [3.05, 3.63) is 57.5 Å². The lowest BCUT2D eigenvalue weighted by molar-refractivity contribution is 1.48. The maximum atomic E-state index is 8.78. The average molecular weight is 293 g/mol. The molecule has 1 nitrogen and oxygen atoms in total. The Morgan fingerprint density at radius 2 is 1.81 bits per heavy atom. The molecule has 0 unspecified atom stereocenters. The molecule has 78 valence electrons. The molecule has 0 saturated carbocycles. The van der Waals surface area contributed by atoms with Crippen molar-refractivity contribution in [2.45, 2.75) is 0 Å². The molecule has 2 aromatic carbocycles. The topological polar surface area (TPSA) is 23.8 Å². The Morgan fingerprint density at radius 3 is 2.44 bits per heavy atom. The molecular weight excluding hydrogens is 286 g/mol. The number of halogens is 2. The first-order valence-electron chi connectivity index (χ1n) is 4.66. The first kappa shape index (κ1) is 11.2. The molecule has 0 aliphatic carbocycles. The van der Waals surface area contributed by atoms with Crippen LogP contribution in [0.2, 0.25) is 5.02 Å². The highest BCUT2D eigenvalue weighted by Gasteiger charge is 2.03. The van der Waals surface area contributed by atoms with E-state index in [1.165, 1.54) is 0 Å². The van der Waals surface area contributed by atoms with Crippen LogP contribution in [0.25, 0.3) is 11.1 Å². The Hall–Kier alpha value is -1.30. The van der Waals surface area contributed by atoms with E-state index in [4.69, 9.17) is 16.9 Å². The van der Waals surface area contributed by atoms with Crippen molar-refractivity contribution >= 4 is 27.5 Å². The Balaban J connectivity index is 2.50. The fraction of sp³-hybridized carbons (Fsp3) is 0. The molecule has 0 spiro atoms. The number of benzene rings is 2. The van der Waals surface area contributed by atoms with Gasteiger partial charge in [0, 0.05) is 4.47 Å². The summed E-state index contributed by atoms with van der Waals surface area (Å²) in [6.45, 7) is 0. The summed E-state index contributed by atoms with van der Waals surface area (Å²) in [5.74, 6) is 0. The van der Waals surface area contributed by atoms with E-state index in [0.29, 0.717) is 10.6 Å². The molecule has 0 aromatic heterocycles. The van der Waals surface area contributed by atoms with E-state index < -0.39 is 0 Å². The highest BCUT2D eigenvalue weighted by molar-refractivity contribution is 9.10. The van der Waals surface area contributed by atoms with Crippen LogP contribution in [0.4, 0.5) is 0 Å². The first-order valence-corrected chi connectivity index (χ1v) is 5.83. The van der Waals surface area contributed by atoms with E-state index >= 15 is 0 Å². The van der Waals surface area contributed by atoms with E-state index in [1.807, 2.05) is 42.5 Å². The Bertz CT molecular complexity index is 572. The molecular formula is C13H7BrClN. The number of rotatable bonds is 1. The van der Waals surface area contributed by atoms with Crippen LogP contribution < -0.4 is 0 Å². The summed E-state index contributed by atoms with van der Waals surface area (Å²) in [7, 11) is 0. The summed E-state index contributed by atoms with van der Waals surface area (Å²) in [5.41, 5.74) is 2.58. The molecule has 0 radical (unpaired) electrons. The lowest BCUT2D eigenvalue weighted by atomic mass is 10.0. The van der Waals surface area contributed by atoms with Crippen molar-refractivity contribution < 1.29 is 0 Å². The molecule has 0 heterocycles. The smallest absolute Gasteiger partial charge is 0.101 e. The van der Waals surface area contributed by atoms with E-state index in [-0.39, 0.29) is 0 Å². The van der Waals surface area contributed by atoms with E-state index in [1.54, 1.807) is 6.07 Å². The van der Waals surface area contributed by atoms with Crippen LogP contribution in [0.5, 0.6) is 0 Å². The van der Waals surface area contributed by atoms with Gasteiger partial charge >= 0.3 is 0 Å². The number of hydrogen-bond donors (Lipinski definition) is 0. The third-order valence-electron chi connectivity index (χ3n) is 2.25. The Labute approximate surface area is 107 Å². The van der Waals surface area contributed by atoms with Gasteiger partial charge in [0.15, 0.2) is 0 Å². The largest absolute Gasteiger partial charge is 0.192 e. The van der Waals surface area contributed by atoms with Crippen LogP contribution in [0.1, 0.15) is 5.56 Å². The molecule has 0 aliphatic heterocycles. The second kappa shape index (κ2) is 4.69. The normalized spacial score (nSPS) is 9.81. The molecule has 0 aliphatic rings. The molecule has 0 saturated heterocycles.